The molecule has 0 aliphatic heterocycles. The predicted molar refractivity (Wildman–Crippen MR) is 119 cm³/mol. The Morgan fingerprint density at radius 3 is 2.44 bits per heavy atom. The summed E-state index contributed by atoms with van der Waals surface area (Å²) in [5.41, 5.74) is 6.93. The van der Waals surface area contributed by atoms with E-state index in [9.17, 15) is 0 Å². The van der Waals surface area contributed by atoms with Crippen LogP contribution in [0.2, 0.25) is 0 Å². The maximum atomic E-state index is 4.57. The van der Waals surface area contributed by atoms with Crippen molar-refractivity contribution in [1.29, 1.82) is 0 Å². The molecule has 0 saturated carbocycles. The van der Waals surface area contributed by atoms with E-state index in [4.69, 9.17) is 0 Å². The molecular formula is C26H29N. The fraction of sp³-hybridized carbons (Fsp3) is 0.231. The normalized spacial score (nSPS) is 21.8. The van der Waals surface area contributed by atoms with Gasteiger partial charge < -0.3 is 5.32 Å². The number of allylic oxidation sites excluding steroid dienone is 5. The summed E-state index contributed by atoms with van der Waals surface area (Å²) >= 11 is 0. The molecule has 1 aliphatic carbocycles. The van der Waals surface area contributed by atoms with Crippen molar-refractivity contribution in [3.8, 4) is 0 Å². The van der Waals surface area contributed by atoms with Gasteiger partial charge in [0.25, 0.3) is 0 Å². The largest absolute Gasteiger partial charge is 0.355 e. The highest BCUT2D eigenvalue weighted by Gasteiger charge is 2.44. The zero-order chi connectivity index (χ0) is 19.4. The molecule has 0 aromatic heterocycles. The summed E-state index contributed by atoms with van der Waals surface area (Å²) in [4.78, 5) is 0. The molecule has 1 nitrogen and oxygen atoms in total. The van der Waals surface area contributed by atoms with Gasteiger partial charge in [0.15, 0.2) is 0 Å². The Kier molecular flexibility index (Phi) is 5.51. The van der Waals surface area contributed by atoms with Crippen LogP contribution in [-0.4, -0.2) is 0 Å². The topological polar surface area (TPSA) is 12.0 Å². The van der Waals surface area contributed by atoms with Crippen LogP contribution in [0.25, 0.3) is 5.57 Å². The molecule has 0 amide bonds. The minimum atomic E-state index is -0.0991. The van der Waals surface area contributed by atoms with Gasteiger partial charge >= 0.3 is 0 Å². The van der Waals surface area contributed by atoms with Crippen molar-refractivity contribution < 1.29 is 0 Å². The van der Waals surface area contributed by atoms with Gasteiger partial charge in [-0.25, -0.2) is 0 Å². The van der Waals surface area contributed by atoms with Crippen LogP contribution >= 0.6 is 0 Å². The summed E-state index contributed by atoms with van der Waals surface area (Å²) in [5.74, 6) is 0.447. The van der Waals surface area contributed by atoms with Gasteiger partial charge in [-0.15, -0.1) is 0 Å². The van der Waals surface area contributed by atoms with Crippen molar-refractivity contribution >= 4 is 11.3 Å². The van der Waals surface area contributed by atoms with Crippen LogP contribution in [0.4, 0.5) is 5.69 Å². The number of benzene rings is 2. The van der Waals surface area contributed by atoms with E-state index >= 15 is 0 Å². The van der Waals surface area contributed by atoms with Gasteiger partial charge in [-0.3, -0.25) is 0 Å². The number of fused-ring (bicyclic) bond motifs is 1. The molecule has 27 heavy (non-hydrogen) atoms. The first-order valence-electron chi connectivity index (χ1n) is 9.63. The Morgan fingerprint density at radius 2 is 1.78 bits per heavy atom. The second-order valence-electron chi connectivity index (χ2n) is 7.42. The molecule has 0 saturated heterocycles. The lowest BCUT2D eigenvalue weighted by molar-refractivity contribution is 0.386. The minimum Gasteiger partial charge on any atom is -0.355 e. The molecule has 2 atom stereocenters. The van der Waals surface area contributed by atoms with E-state index in [1.54, 1.807) is 0 Å². The van der Waals surface area contributed by atoms with Gasteiger partial charge in [0.1, 0.15) is 0 Å². The highest BCUT2D eigenvalue weighted by Crippen LogP contribution is 2.54. The van der Waals surface area contributed by atoms with Crippen molar-refractivity contribution in [3.05, 3.63) is 108 Å². The van der Waals surface area contributed by atoms with Crippen LogP contribution in [0.15, 0.2) is 97.3 Å². The first-order chi connectivity index (χ1) is 13.0. The summed E-state index contributed by atoms with van der Waals surface area (Å²) in [6, 6.07) is 18.9. The summed E-state index contributed by atoms with van der Waals surface area (Å²) in [7, 11) is 0. The zero-order valence-electron chi connectivity index (χ0n) is 16.6. The van der Waals surface area contributed by atoms with E-state index in [0.29, 0.717) is 5.92 Å². The third-order valence-electron chi connectivity index (χ3n) is 5.92. The quantitative estimate of drug-likeness (QED) is 0.544. The third kappa shape index (κ3) is 3.30. The molecule has 0 radical (unpaired) electrons. The Labute approximate surface area is 163 Å². The molecule has 2 aromatic carbocycles. The van der Waals surface area contributed by atoms with Gasteiger partial charge in [-0.1, -0.05) is 81.6 Å². The lowest BCUT2D eigenvalue weighted by Crippen LogP contribution is -2.29. The van der Waals surface area contributed by atoms with Gasteiger partial charge in [0.2, 0.25) is 0 Å². The smallest absolute Gasteiger partial charge is 0.0460 e. The Bertz CT molecular complexity index is 901. The van der Waals surface area contributed by atoms with Crippen LogP contribution in [0.5, 0.6) is 0 Å². The number of anilines is 1. The lowest BCUT2D eigenvalue weighted by atomic mass is 9.69. The maximum Gasteiger partial charge on any atom is 0.0460 e. The molecular weight excluding hydrogens is 326 g/mol. The van der Waals surface area contributed by atoms with Crippen LogP contribution in [-0.2, 0) is 5.41 Å². The van der Waals surface area contributed by atoms with Crippen LogP contribution in [0.3, 0.4) is 0 Å². The van der Waals surface area contributed by atoms with Gasteiger partial charge in [0, 0.05) is 22.4 Å². The zero-order valence-corrected chi connectivity index (χ0v) is 16.6. The van der Waals surface area contributed by atoms with Crippen molar-refractivity contribution in [3.63, 3.8) is 0 Å². The highest BCUT2D eigenvalue weighted by atomic mass is 14.9. The SMILES string of the molecule is C=C/C(Nc1ccccc1)=C1\C(=C)C(C)(C(C)C/C=C\C)c2ccccc21. The number of rotatable bonds is 6. The van der Waals surface area contributed by atoms with Crippen LogP contribution < -0.4 is 5.32 Å². The molecule has 0 fully saturated rings. The molecule has 138 valence electrons. The molecule has 1 N–H and O–H groups in total. The number of hydrogen-bond donors (Lipinski definition) is 1. The number of para-hydroxylation sites is 1. The molecule has 0 heterocycles. The molecule has 1 heteroatoms. The second kappa shape index (κ2) is 7.84. The van der Waals surface area contributed by atoms with E-state index < -0.39 is 0 Å². The fourth-order valence-corrected chi connectivity index (χ4v) is 4.08. The number of hydrogen-bond acceptors (Lipinski definition) is 1. The van der Waals surface area contributed by atoms with E-state index in [-0.39, 0.29) is 5.41 Å². The van der Waals surface area contributed by atoms with Crippen LogP contribution in [0, 0.1) is 5.92 Å². The Morgan fingerprint density at radius 1 is 1.11 bits per heavy atom. The van der Waals surface area contributed by atoms with E-state index in [1.165, 1.54) is 22.3 Å². The standard InChI is InChI=1S/C26H29N/c1-6-8-14-19(3)26(5)20(4)25(22-17-12-13-18-23(22)26)24(7-2)27-21-15-10-9-11-16-21/h6-13,15-19,27H,2,4,14H2,1,3,5H3/b8-6-,25-24-. The molecule has 2 aromatic rings. The lowest BCUT2D eigenvalue weighted by Gasteiger charge is -2.34. The van der Waals surface area contributed by atoms with Crippen LogP contribution in [0.1, 0.15) is 38.3 Å². The summed E-state index contributed by atoms with van der Waals surface area (Å²) in [5, 5.41) is 3.55. The van der Waals surface area contributed by atoms with Crippen molar-refractivity contribution in [2.75, 3.05) is 5.32 Å². The second-order valence-corrected chi connectivity index (χ2v) is 7.42. The van der Waals surface area contributed by atoms with Crippen molar-refractivity contribution in [1.82, 2.24) is 0 Å². The Balaban J connectivity index is 2.14. The third-order valence-corrected chi connectivity index (χ3v) is 5.92. The highest BCUT2D eigenvalue weighted by molar-refractivity contribution is 5.93. The number of nitrogens with one attached hydrogen (secondary N) is 1. The van der Waals surface area contributed by atoms with Gasteiger partial charge in [-0.05, 0) is 54.2 Å². The molecule has 3 rings (SSSR count). The fourth-order valence-electron chi connectivity index (χ4n) is 4.08. The summed E-state index contributed by atoms with van der Waals surface area (Å²) < 4.78 is 0. The van der Waals surface area contributed by atoms with E-state index in [0.717, 1.165) is 17.8 Å². The monoisotopic (exact) mass is 355 g/mol. The average molecular weight is 356 g/mol. The van der Waals surface area contributed by atoms with Gasteiger partial charge in [0.05, 0.1) is 0 Å². The van der Waals surface area contributed by atoms with E-state index in [1.807, 2.05) is 24.3 Å². The molecule has 1 aliphatic rings. The first kappa shape index (κ1) is 19.0. The molecule has 0 spiro atoms. The summed E-state index contributed by atoms with van der Waals surface area (Å²) in [6.45, 7) is 15.4. The van der Waals surface area contributed by atoms with Gasteiger partial charge in [-0.2, -0.15) is 0 Å². The van der Waals surface area contributed by atoms with Crippen molar-refractivity contribution in [2.24, 2.45) is 5.92 Å². The average Bonchev–Trinajstić information content (AvgIpc) is 2.93. The minimum absolute atomic E-state index is 0.0991. The Hall–Kier alpha value is -2.80. The maximum absolute atomic E-state index is 4.57. The first-order valence-corrected chi connectivity index (χ1v) is 9.63. The van der Waals surface area contributed by atoms with E-state index in [2.05, 4.69) is 87.8 Å². The summed E-state index contributed by atoms with van der Waals surface area (Å²) in [6.07, 6.45) is 7.33. The predicted octanol–water partition coefficient (Wildman–Crippen LogP) is 7.13. The van der Waals surface area contributed by atoms with Crippen molar-refractivity contribution in [2.45, 2.75) is 32.6 Å². The molecule has 2 unspecified atom stereocenters. The molecule has 0 bridgehead atoms.